The number of likely N-dealkylation sites (tertiary alicyclic amines) is 1. The number of piperidine rings is 1. The second-order valence-corrected chi connectivity index (χ2v) is 5.91. The predicted molar refractivity (Wildman–Crippen MR) is 73.8 cm³/mol. The number of rotatable bonds is 3. The molecule has 4 heteroatoms. The van der Waals surface area contributed by atoms with Gasteiger partial charge in [0.1, 0.15) is 5.82 Å². The van der Waals surface area contributed by atoms with E-state index in [0.29, 0.717) is 12.5 Å². The summed E-state index contributed by atoms with van der Waals surface area (Å²) >= 11 is 3.37. The van der Waals surface area contributed by atoms with Crippen molar-refractivity contribution in [2.24, 2.45) is 5.92 Å². The zero-order valence-electron chi connectivity index (χ0n) is 10.6. The Kier molecular flexibility index (Phi) is 4.76. The van der Waals surface area contributed by atoms with Gasteiger partial charge in [-0.3, -0.25) is 4.90 Å². The lowest BCUT2D eigenvalue weighted by molar-refractivity contribution is 0.0218. The molecule has 0 spiro atoms. The van der Waals surface area contributed by atoms with Crippen molar-refractivity contribution in [1.29, 1.82) is 0 Å². The van der Waals surface area contributed by atoms with Crippen molar-refractivity contribution in [1.82, 2.24) is 4.90 Å². The molecule has 1 aromatic carbocycles. The second-order valence-electron chi connectivity index (χ2n) is 5.00. The van der Waals surface area contributed by atoms with Gasteiger partial charge >= 0.3 is 0 Å². The molecule has 1 fully saturated rings. The van der Waals surface area contributed by atoms with Crippen LogP contribution in [-0.2, 0) is 6.54 Å². The van der Waals surface area contributed by atoms with Gasteiger partial charge in [-0.05, 0) is 37.0 Å². The highest BCUT2D eigenvalue weighted by atomic mass is 79.9. The van der Waals surface area contributed by atoms with Gasteiger partial charge in [0.2, 0.25) is 0 Å². The summed E-state index contributed by atoms with van der Waals surface area (Å²) in [5, 5.41) is 9.84. The smallest absolute Gasteiger partial charge is 0.127 e. The third kappa shape index (κ3) is 3.31. The highest BCUT2D eigenvalue weighted by Crippen LogP contribution is 2.23. The van der Waals surface area contributed by atoms with Gasteiger partial charge in [-0.1, -0.05) is 22.9 Å². The summed E-state index contributed by atoms with van der Waals surface area (Å²) < 4.78 is 14.6. The summed E-state index contributed by atoms with van der Waals surface area (Å²) in [6, 6.07) is 5.05. The van der Waals surface area contributed by atoms with E-state index >= 15 is 0 Å². The largest absolute Gasteiger partial charge is 0.393 e. The van der Waals surface area contributed by atoms with Gasteiger partial charge in [-0.25, -0.2) is 4.39 Å². The molecule has 2 atom stereocenters. The summed E-state index contributed by atoms with van der Waals surface area (Å²) in [7, 11) is 0. The van der Waals surface area contributed by atoms with Crippen molar-refractivity contribution in [2.45, 2.75) is 32.4 Å². The van der Waals surface area contributed by atoms with Crippen LogP contribution in [-0.4, -0.2) is 29.2 Å². The Morgan fingerprint density at radius 3 is 3.00 bits per heavy atom. The number of halogens is 2. The first-order valence-corrected chi connectivity index (χ1v) is 7.23. The molecule has 1 saturated heterocycles. The Morgan fingerprint density at radius 1 is 1.50 bits per heavy atom. The maximum atomic E-state index is 13.7. The molecular weight excluding hydrogens is 297 g/mol. The fraction of sp³-hybridized carbons (Fsp3) is 0.571. The fourth-order valence-electron chi connectivity index (χ4n) is 2.55. The molecule has 1 N–H and O–H groups in total. The van der Waals surface area contributed by atoms with Crippen LogP contribution in [0.4, 0.5) is 4.39 Å². The van der Waals surface area contributed by atoms with E-state index < -0.39 is 0 Å². The van der Waals surface area contributed by atoms with Gasteiger partial charge in [-0.2, -0.15) is 0 Å². The van der Waals surface area contributed by atoms with Crippen LogP contribution in [0, 0.1) is 11.7 Å². The van der Waals surface area contributed by atoms with E-state index in [4.69, 9.17) is 0 Å². The molecular formula is C14H19BrFNO. The number of aliphatic hydroxyl groups excluding tert-OH is 1. The standard InChI is InChI=1S/C14H19BrFNO/c1-2-10-8-17(6-5-14(10)18)9-11-7-12(15)3-4-13(11)16/h3-4,7,10,14,18H,2,5-6,8-9H2,1H3. The summed E-state index contributed by atoms with van der Waals surface area (Å²) in [4.78, 5) is 2.23. The highest BCUT2D eigenvalue weighted by Gasteiger charge is 2.26. The molecule has 0 amide bonds. The minimum atomic E-state index is -0.196. The third-order valence-electron chi connectivity index (χ3n) is 3.70. The number of aliphatic hydroxyl groups is 1. The second kappa shape index (κ2) is 6.13. The normalized spacial score (nSPS) is 25.3. The Morgan fingerprint density at radius 2 is 2.28 bits per heavy atom. The maximum absolute atomic E-state index is 13.7. The molecule has 1 aromatic rings. The topological polar surface area (TPSA) is 23.5 Å². The van der Waals surface area contributed by atoms with E-state index in [9.17, 15) is 9.50 Å². The Labute approximate surface area is 116 Å². The molecule has 18 heavy (non-hydrogen) atoms. The lowest BCUT2D eigenvalue weighted by Gasteiger charge is -2.35. The summed E-state index contributed by atoms with van der Waals surface area (Å²) in [5.74, 6) is 0.159. The van der Waals surface area contributed by atoms with E-state index in [0.717, 1.165) is 36.0 Å². The van der Waals surface area contributed by atoms with Crippen molar-refractivity contribution in [2.75, 3.05) is 13.1 Å². The van der Waals surface area contributed by atoms with Crippen LogP contribution in [0.2, 0.25) is 0 Å². The molecule has 2 nitrogen and oxygen atoms in total. The lowest BCUT2D eigenvalue weighted by Crippen LogP contribution is -2.42. The first kappa shape index (κ1) is 14.0. The SMILES string of the molecule is CCC1CN(Cc2cc(Br)ccc2F)CCC1O. The predicted octanol–water partition coefficient (Wildman–Crippen LogP) is 3.18. The maximum Gasteiger partial charge on any atom is 0.127 e. The minimum Gasteiger partial charge on any atom is -0.393 e. The van der Waals surface area contributed by atoms with Gasteiger partial charge in [0.25, 0.3) is 0 Å². The molecule has 0 aromatic heterocycles. The van der Waals surface area contributed by atoms with Crippen LogP contribution in [0.25, 0.3) is 0 Å². The average Bonchev–Trinajstić information content (AvgIpc) is 2.36. The third-order valence-corrected chi connectivity index (χ3v) is 4.20. The minimum absolute atomic E-state index is 0.155. The molecule has 2 unspecified atom stereocenters. The lowest BCUT2D eigenvalue weighted by atomic mass is 9.92. The Balaban J connectivity index is 2.03. The van der Waals surface area contributed by atoms with Crippen molar-refractivity contribution in [3.8, 4) is 0 Å². The zero-order valence-corrected chi connectivity index (χ0v) is 12.2. The summed E-state index contributed by atoms with van der Waals surface area (Å²) in [6.45, 7) is 4.40. The van der Waals surface area contributed by atoms with E-state index in [1.54, 1.807) is 6.07 Å². The van der Waals surface area contributed by atoms with E-state index in [1.807, 2.05) is 6.07 Å². The van der Waals surface area contributed by atoms with Crippen molar-refractivity contribution in [3.05, 3.63) is 34.1 Å². The van der Waals surface area contributed by atoms with Gasteiger partial charge in [0, 0.05) is 29.7 Å². The van der Waals surface area contributed by atoms with Gasteiger partial charge in [0.05, 0.1) is 6.10 Å². The summed E-state index contributed by atoms with van der Waals surface area (Å²) in [5.41, 5.74) is 0.718. The molecule has 0 bridgehead atoms. The van der Waals surface area contributed by atoms with Crippen molar-refractivity contribution in [3.63, 3.8) is 0 Å². The monoisotopic (exact) mass is 315 g/mol. The number of hydrogen-bond acceptors (Lipinski definition) is 2. The van der Waals surface area contributed by atoms with Crippen LogP contribution in [0.15, 0.2) is 22.7 Å². The van der Waals surface area contributed by atoms with Crippen LogP contribution < -0.4 is 0 Å². The number of hydrogen-bond donors (Lipinski definition) is 1. The molecule has 0 aliphatic carbocycles. The first-order valence-electron chi connectivity index (χ1n) is 6.44. The number of nitrogens with zero attached hydrogens (tertiary/aromatic N) is 1. The Hall–Kier alpha value is -0.450. The number of benzene rings is 1. The molecule has 1 aliphatic heterocycles. The van der Waals surface area contributed by atoms with Gasteiger partial charge in [-0.15, -0.1) is 0 Å². The van der Waals surface area contributed by atoms with Crippen molar-refractivity contribution < 1.29 is 9.50 Å². The molecule has 100 valence electrons. The molecule has 2 rings (SSSR count). The van der Waals surface area contributed by atoms with E-state index in [-0.39, 0.29) is 11.9 Å². The fourth-order valence-corrected chi connectivity index (χ4v) is 2.95. The first-order chi connectivity index (χ1) is 8.60. The van der Waals surface area contributed by atoms with E-state index in [1.165, 1.54) is 6.07 Å². The molecule has 0 saturated carbocycles. The van der Waals surface area contributed by atoms with E-state index in [2.05, 4.69) is 27.8 Å². The quantitative estimate of drug-likeness (QED) is 0.926. The molecule has 0 radical (unpaired) electrons. The van der Waals surface area contributed by atoms with Gasteiger partial charge < -0.3 is 5.11 Å². The van der Waals surface area contributed by atoms with Crippen LogP contribution in [0.3, 0.4) is 0 Å². The van der Waals surface area contributed by atoms with Crippen molar-refractivity contribution >= 4 is 15.9 Å². The molecule has 1 aliphatic rings. The van der Waals surface area contributed by atoms with Crippen LogP contribution in [0.1, 0.15) is 25.3 Å². The van der Waals surface area contributed by atoms with Crippen LogP contribution in [0.5, 0.6) is 0 Å². The highest BCUT2D eigenvalue weighted by molar-refractivity contribution is 9.10. The van der Waals surface area contributed by atoms with Gasteiger partial charge in [0.15, 0.2) is 0 Å². The van der Waals surface area contributed by atoms with Crippen LogP contribution >= 0.6 is 15.9 Å². The Bertz CT molecular complexity index is 413. The zero-order chi connectivity index (χ0) is 13.1. The molecule has 1 heterocycles. The summed E-state index contributed by atoms with van der Waals surface area (Å²) in [6.07, 6.45) is 1.56. The average molecular weight is 316 g/mol.